The number of hydrogen-bond acceptors (Lipinski definition) is 5. The van der Waals surface area contributed by atoms with Crippen molar-refractivity contribution < 1.29 is 10.2 Å². The van der Waals surface area contributed by atoms with Crippen LogP contribution in [0, 0.1) is 11.8 Å². The van der Waals surface area contributed by atoms with Crippen LogP contribution in [0.3, 0.4) is 0 Å². The van der Waals surface area contributed by atoms with Gasteiger partial charge in [-0.25, -0.2) is 0 Å². The molecule has 3 aromatic rings. The van der Waals surface area contributed by atoms with Gasteiger partial charge in [0.1, 0.15) is 11.5 Å². The van der Waals surface area contributed by atoms with Gasteiger partial charge >= 0.3 is 0 Å². The van der Waals surface area contributed by atoms with Gasteiger partial charge in [0.25, 0.3) is 0 Å². The van der Waals surface area contributed by atoms with E-state index in [2.05, 4.69) is 27.7 Å². The van der Waals surface area contributed by atoms with Gasteiger partial charge in [-0.1, -0.05) is 39.8 Å². The summed E-state index contributed by atoms with van der Waals surface area (Å²) in [7, 11) is 0. The van der Waals surface area contributed by atoms with Crippen molar-refractivity contribution in [2.75, 3.05) is 5.73 Å². The van der Waals surface area contributed by atoms with Crippen LogP contribution in [0.2, 0.25) is 0 Å². The fraction of sp³-hybridized carbons (Fsp3) is 0.391. The molecule has 0 spiro atoms. The largest absolute Gasteiger partial charge is 0.507 e. The molecule has 0 amide bonds. The van der Waals surface area contributed by atoms with Gasteiger partial charge in [-0.15, -0.1) is 0 Å². The third-order valence-electron chi connectivity index (χ3n) is 5.36. The Morgan fingerprint density at radius 2 is 1.46 bits per heavy atom. The summed E-state index contributed by atoms with van der Waals surface area (Å²) in [6.07, 6.45) is 1.68. The Bertz CT molecular complexity index is 1200. The number of phenolic OH excluding ortho intramolecular Hbond substituents is 2. The SMILES string of the molecule is CC(C)CC1(CC(C)C)N=c2ccc3c(O)c4c(N)cccc4c(O)c3c2=N1. The molecule has 3 aromatic carbocycles. The Balaban J connectivity index is 2.11. The predicted octanol–water partition coefficient (Wildman–Crippen LogP) is 4.03. The molecular formula is C23H27N3O2. The summed E-state index contributed by atoms with van der Waals surface area (Å²) in [6, 6.07) is 8.94. The molecule has 0 saturated heterocycles. The first-order chi connectivity index (χ1) is 13.2. The number of benzene rings is 3. The van der Waals surface area contributed by atoms with Crippen molar-refractivity contribution in [3.8, 4) is 11.5 Å². The fourth-order valence-corrected chi connectivity index (χ4v) is 4.55. The molecular weight excluding hydrogens is 350 g/mol. The molecule has 0 atom stereocenters. The number of anilines is 1. The number of aromatic hydroxyl groups is 2. The lowest BCUT2D eigenvalue weighted by Crippen LogP contribution is -2.27. The molecule has 1 heterocycles. The average Bonchev–Trinajstić information content (AvgIpc) is 2.94. The highest BCUT2D eigenvalue weighted by Crippen LogP contribution is 2.42. The average molecular weight is 377 g/mol. The van der Waals surface area contributed by atoms with E-state index < -0.39 is 5.66 Å². The van der Waals surface area contributed by atoms with Crippen molar-refractivity contribution in [2.45, 2.75) is 46.2 Å². The second-order valence-corrected chi connectivity index (χ2v) is 8.72. The minimum atomic E-state index is -0.522. The molecule has 5 nitrogen and oxygen atoms in total. The first-order valence-corrected chi connectivity index (χ1v) is 9.87. The number of phenols is 2. The molecule has 0 unspecified atom stereocenters. The zero-order chi connectivity index (χ0) is 20.2. The van der Waals surface area contributed by atoms with E-state index in [4.69, 9.17) is 15.7 Å². The van der Waals surface area contributed by atoms with Gasteiger partial charge < -0.3 is 15.9 Å². The second kappa shape index (κ2) is 6.36. The number of nitrogens with two attached hydrogens (primary N) is 1. The zero-order valence-electron chi connectivity index (χ0n) is 16.8. The minimum Gasteiger partial charge on any atom is -0.507 e. The minimum absolute atomic E-state index is 0.0733. The molecule has 0 radical (unpaired) electrons. The third kappa shape index (κ3) is 2.77. The van der Waals surface area contributed by atoms with E-state index >= 15 is 0 Å². The van der Waals surface area contributed by atoms with Crippen LogP contribution in [-0.4, -0.2) is 15.9 Å². The van der Waals surface area contributed by atoms with Crippen molar-refractivity contribution in [2.24, 2.45) is 21.8 Å². The van der Waals surface area contributed by atoms with Crippen LogP contribution < -0.4 is 16.4 Å². The second-order valence-electron chi connectivity index (χ2n) is 8.72. The van der Waals surface area contributed by atoms with Crippen LogP contribution >= 0.6 is 0 Å². The van der Waals surface area contributed by atoms with E-state index in [0.29, 0.717) is 44.4 Å². The Hall–Kier alpha value is -2.82. The highest BCUT2D eigenvalue weighted by Gasteiger charge is 2.34. The molecule has 0 saturated carbocycles. The number of hydrogen-bond donors (Lipinski definition) is 3. The van der Waals surface area contributed by atoms with Gasteiger partial charge in [0.05, 0.1) is 21.5 Å². The number of rotatable bonds is 4. The Labute approximate surface area is 164 Å². The normalized spacial score (nSPS) is 15.2. The Morgan fingerprint density at radius 1 is 0.857 bits per heavy atom. The summed E-state index contributed by atoms with van der Waals surface area (Å²) in [4.78, 5) is 10.1. The van der Waals surface area contributed by atoms with Gasteiger partial charge in [-0.05, 0) is 42.9 Å². The Kier molecular flexibility index (Phi) is 4.21. The first kappa shape index (κ1) is 18.5. The summed E-state index contributed by atoms with van der Waals surface area (Å²) >= 11 is 0. The van der Waals surface area contributed by atoms with Gasteiger partial charge in [0.15, 0.2) is 5.66 Å². The summed E-state index contributed by atoms with van der Waals surface area (Å²) in [5.41, 5.74) is 5.98. The topological polar surface area (TPSA) is 91.2 Å². The third-order valence-corrected chi connectivity index (χ3v) is 5.36. The summed E-state index contributed by atoms with van der Waals surface area (Å²) in [5.74, 6) is 1.05. The molecule has 0 aliphatic carbocycles. The van der Waals surface area contributed by atoms with E-state index in [1.54, 1.807) is 24.3 Å². The first-order valence-electron chi connectivity index (χ1n) is 9.87. The monoisotopic (exact) mass is 377 g/mol. The van der Waals surface area contributed by atoms with E-state index in [-0.39, 0.29) is 11.5 Å². The van der Waals surface area contributed by atoms with E-state index in [1.165, 1.54) is 0 Å². The highest BCUT2D eigenvalue weighted by molar-refractivity contribution is 6.14. The van der Waals surface area contributed by atoms with Crippen LogP contribution in [0.5, 0.6) is 11.5 Å². The molecule has 0 aromatic heterocycles. The van der Waals surface area contributed by atoms with Crippen molar-refractivity contribution >= 4 is 27.2 Å². The summed E-state index contributed by atoms with van der Waals surface area (Å²) < 4.78 is 0. The summed E-state index contributed by atoms with van der Waals surface area (Å²) in [5, 5.41) is 25.5. The smallest absolute Gasteiger partial charge is 0.152 e. The molecule has 5 heteroatoms. The molecule has 1 aliphatic rings. The molecule has 0 bridgehead atoms. The van der Waals surface area contributed by atoms with Crippen molar-refractivity contribution in [3.05, 3.63) is 41.0 Å². The van der Waals surface area contributed by atoms with Crippen molar-refractivity contribution in [1.29, 1.82) is 0 Å². The van der Waals surface area contributed by atoms with Crippen LogP contribution in [0.1, 0.15) is 40.5 Å². The maximum atomic E-state index is 11.1. The maximum absolute atomic E-state index is 11.1. The predicted molar refractivity (Wildman–Crippen MR) is 113 cm³/mol. The fourth-order valence-electron chi connectivity index (χ4n) is 4.55. The molecule has 4 N–H and O–H groups in total. The number of nitrogens with zero attached hydrogens (tertiary/aromatic N) is 2. The van der Waals surface area contributed by atoms with Crippen LogP contribution in [0.15, 0.2) is 40.3 Å². The van der Waals surface area contributed by atoms with Gasteiger partial charge in [0.2, 0.25) is 0 Å². The van der Waals surface area contributed by atoms with Crippen LogP contribution in [-0.2, 0) is 0 Å². The molecule has 4 rings (SSSR count). The van der Waals surface area contributed by atoms with Crippen molar-refractivity contribution in [3.63, 3.8) is 0 Å². The number of nitrogen functional groups attached to an aromatic ring is 1. The van der Waals surface area contributed by atoms with Crippen LogP contribution in [0.4, 0.5) is 5.69 Å². The van der Waals surface area contributed by atoms with E-state index in [9.17, 15) is 10.2 Å². The maximum Gasteiger partial charge on any atom is 0.152 e. The van der Waals surface area contributed by atoms with Gasteiger partial charge in [-0.3, -0.25) is 9.98 Å². The van der Waals surface area contributed by atoms with Gasteiger partial charge in [-0.2, -0.15) is 0 Å². The quantitative estimate of drug-likeness (QED) is 0.364. The van der Waals surface area contributed by atoms with E-state index in [1.807, 2.05) is 6.07 Å². The lowest BCUT2D eigenvalue weighted by atomic mass is 9.90. The lowest BCUT2D eigenvalue weighted by molar-refractivity contribution is 0.296. The molecule has 0 fully saturated rings. The standard InChI is InChI=1S/C23H27N3O2/c1-12(2)10-23(11-13(3)4)25-17-9-8-15-19(20(17)26-23)22(28)14-6-5-7-16(24)18(14)21(15)27/h5-9,12-13,27-28H,10-11,24H2,1-4H3. The highest BCUT2D eigenvalue weighted by atomic mass is 16.3. The zero-order valence-corrected chi connectivity index (χ0v) is 16.8. The van der Waals surface area contributed by atoms with Crippen LogP contribution in [0.25, 0.3) is 21.5 Å². The molecule has 146 valence electrons. The van der Waals surface area contributed by atoms with E-state index in [0.717, 1.165) is 18.2 Å². The lowest BCUT2D eigenvalue weighted by Gasteiger charge is -2.27. The molecule has 28 heavy (non-hydrogen) atoms. The van der Waals surface area contributed by atoms with Gasteiger partial charge in [0, 0.05) is 16.5 Å². The molecule has 1 aliphatic heterocycles. The number of fused-ring (bicyclic) bond motifs is 4. The summed E-state index contributed by atoms with van der Waals surface area (Å²) in [6.45, 7) is 8.70. The van der Waals surface area contributed by atoms with Crippen molar-refractivity contribution in [1.82, 2.24) is 0 Å². The Morgan fingerprint density at radius 3 is 2.11 bits per heavy atom.